The first kappa shape index (κ1) is 29.7. The van der Waals surface area contributed by atoms with Crippen LogP contribution in [0, 0.1) is 34.0 Å². The van der Waals surface area contributed by atoms with Crippen molar-refractivity contribution < 1.29 is 30.0 Å². The van der Waals surface area contributed by atoms with Crippen LogP contribution in [0.3, 0.4) is 0 Å². The van der Waals surface area contributed by atoms with Crippen LogP contribution in [0.4, 0.5) is 0 Å². The van der Waals surface area contributed by atoms with Gasteiger partial charge in [-0.1, -0.05) is 13.0 Å². The Bertz CT molecular complexity index is 1250. The maximum atomic E-state index is 13.4. The minimum absolute atomic E-state index is 0.0144. The van der Waals surface area contributed by atoms with Crippen molar-refractivity contribution >= 4 is 11.9 Å². The molecule has 4 saturated carbocycles. The molecule has 0 aromatic carbocycles. The molecule has 5 aliphatic carbocycles. The molecule has 7 N–H and O–H groups in total. The van der Waals surface area contributed by atoms with Crippen LogP contribution in [0.25, 0.3) is 0 Å². The Morgan fingerprint density at radius 3 is 2.72 bits per heavy atom. The molecule has 43 heavy (non-hydrogen) atoms. The minimum atomic E-state index is -1.62. The average Bonchev–Trinajstić information content (AvgIpc) is 3.36. The number of aliphatic hydroxyl groups excluding tert-OH is 2. The minimum Gasteiger partial charge on any atom is -0.478 e. The van der Waals surface area contributed by atoms with E-state index in [0.29, 0.717) is 50.7 Å². The van der Waals surface area contributed by atoms with Crippen molar-refractivity contribution in [2.75, 3.05) is 26.7 Å². The zero-order valence-electron chi connectivity index (χ0n) is 25.7. The Kier molecular flexibility index (Phi) is 7.10. The van der Waals surface area contributed by atoms with E-state index in [0.717, 1.165) is 50.5 Å². The van der Waals surface area contributed by atoms with E-state index in [1.54, 1.807) is 7.05 Å². The first-order valence-corrected chi connectivity index (χ1v) is 16.6. The molecule has 7 aliphatic rings. The lowest BCUT2D eigenvalue weighted by atomic mass is 9.35. The highest BCUT2D eigenvalue weighted by molar-refractivity contribution is 5.92. The number of allylic oxidation sites excluding steroid dienone is 1. The lowest BCUT2D eigenvalue weighted by Gasteiger charge is -2.71. The van der Waals surface area contributed by atoms with Crippen LogP contribution >= 0.6 is 0 Å². The number of nitrogens with two attached hydrogens (primary N) is 1. The fraction of sp³-hybridized carbons (Fsp3) is 0.818. The Morgan fingerprint density at radius 2 is 1.98 bits per heavy atom. The standard InChI is InChI=1S/C33H50N4O6/c1-30-10-7-20-15-23-27(28(40)41)31(42,26-6-4-19-3-5-22(39)16-24(19)43-26)18-32(23,30)33(20)21(17-36-12-14-38)9-13-37(29(34)35-2)25(33)8-11-30/h9,13,19-22,24-26,36,38-39,42H,3-8,10-12,14-18H2,1-2H3,(H2,34,35)(H,40,41)/t19-,20+,21-,22+,24-,25+,26-,30-,31-,32+,33+/m0/s1. The van der Waals surface area contributed by atoms with Gasteiger partial charge in [-0.2, -0.15) is 0 Å². The summed E-state index contributed by atoms with van der Waals surface area (Å²) < 4.78 is 6.69. The van der Waals surface area contributed by atoms with Crippen molar-refractivity contribution in [3.05, 3.63) is 23.4 Å². The molecule has 0 aromatic heterocycles. The maximum Gasteiger partial charge on any atom is 0.334 e. The van der Waals surface area contributed by atoms with Crippen molar-refractivity contribution in [3.63, 3.8) is 0 Å². The van der Waals surface area contributed by atoms with Gasteiger partial charge in [0.1, 0.15) is 5.60 Å². The SMILES string of the molecule is CN=C(N)N1C=C[C@@H](CNCCO)[C@]23[C@@H]4CC[C@@](C)(CC[C@@H]12)[C@]31C[C@](O)([C@@H]2CC[C@@H]3CC[C@@H](O)C[C@@H]3O2)C(C(=O)O)=C1C4. The monoisotopic (exact) mass is 598 g/mol. The molecule has 4 bridgehead atoms. The fourth-order valence-electron chi connectivity index (χ4n) is 12.1. The summed E-state index contributed by atoms with van der Waals surface area (Å²) in [4.78, 5) is 19.9. The number of guanidine groups is 1. The van der Waals surface area contributed by atoms with E-state index < -0.39 is 29.2 Å². The van der Waals surface area contributed by atoms with Gasteiger partial charge < -0.3 is 41.1 Å². The van der Waals surface area contributed by atoms with Crippen LogP contribution in [0.15, 0.2) is 28.4 Å². The number of carboxylic acid groups (broad SMARTS) is 1. The molecule has 0 amide bonds. The van der Waals surface area contributed by atoms with Gasteiger partial charge in [-0.25, -0.2) is 4.79 Å². The van der Waals surface area contributed by atoms with E-state index in [4.69, 9.17) is 10.5 Å². The largest absolute Gasteiger partial charge is 0.478 e. The summed E-state index contributed by atoms with van der Waals surface area (Å²) in [7, 11) is 1.71. The van der Waals surface area contributed by atoms with Crippen LogP contribution in [-0.2, 0) is 9.53 Å². The van der Waals surface area contributed by atoms with Gasteiger partial charge in [-0.05, 0) is 99.4 Å². The molecule has 2 spiro atoms. The third kappa shape index (κ3) is 3.76. The Hall–Kier alpha value is -1.98. The number of carbonyl (C=O) groups is 1. The number of hydrogen-bond acceptors (Lipinski definition) is 7. The quantitative estimate of drug-likeness (QED) is 0.153. The number of aliphatic carboxylic acids is 1. The fourth-order valence-corrected chi connectivity index (χ4v) is 12.1. The predicted molar refractivity (Wildman–Crippen MR) is 161 cm³/mol. The van der Waals surface area contributed by atoms with Gasteiger partial charge in [-0.3, -0.25) is 4.99 Å². The lowest BCUT2D eigenvalue weighted by Crippen LogP contribution is -2.72. The van der Waals surface area contributed by atoms with Crippen LogP contribution < -0.4 is 11.1 Å². The smallest absolute Gasteiger partial charge is 0.334 e. The van der Waals surface area contributed by atoms with E-state index in [1.165, 1.54) is 0 Å². The summed E-state index contributed by atoms with van der Waals surface area (Å²) >= 11 is 0. The number of rotatable bonds is 6. The van der Waals surface area contributed by atoms with E-state index in [1.807, 2.05) is 0 Å². The van der Waals surface area contributed by atoms with Crippen molar-refractivity contribution in [2.45, 2.75) is 108 Å². The van der Waals surface area contributed by atoms with Gasteiger partial charge in [0.2, 0.25) is 0 Å². The van der Waals surface area contributed by atoms with Crippen LogP contribution in [0.1, 0.15) is 77.6 Å². The Labute approximate surface area is 254 Å². The molecular weight excluding hydrogens is 548 g/mol. The highest BCUT2D eigenvalue weighted by Gasteiger charge is 2.82. The molecule has 0 unspecified atom stereocenters. The number of nitrogens with zero attached hydrogens (tertiary/aromatic N) is 2. The molecule has 10 nitrogen and oxygen atoms in total. The summed E-state index contributed by atoms with van der Waals surface area (Å²) in [5.41, 5.74) is 4.96. The summed E-state index contributed by atoms with van der Waals surface area (Å²) in [5, 5.41) is 47.4. The number of hydrogen-bond donors (Lipinski definition) is 6. The van der Waals surface area contributed by atoms with Gasteiger partial charge >= 0.3 is 5.97 Å². The van der Waals surface area contributed by atoms with Crippen molar-refractivity contribution in [3.8, 4) is 0 Å². The number of aliphatic imine (C=N–C) groups is 1. The number of ether oxygens (including phenoxy) is 1. The molecule has 10 heteroatoms. The average molecular weight is 599 g/mol. The van der Waals surface area contributed by atoms with Crippen LogP contribution in [-0.4, -0.2) is 94.0 Å². The molecule has 1 saturated heterocycles. The summed E-state index contributed by atoms with van der Waals surface area (Å²) in [6.07, 6.45) is 11.7. The Morgan fingerprint density at radius 1 is 1.21 bits per heavy atom. The zero-order chi connectivity index (χ0) is 30.4. The topological polar surface area (TPSA) is 161 Å². The first-order chi connectivity index (χ1) is 20.6. The molecular formula is C33H50N4O6. The Balaban J connectivity index is 1.39. The van der Waals surface area contributed by atoms with Crippen LogP contribution in [0.2, 0.25) is 0 Å². The van der Waals surface area contributed by atoms with Gasteiger partial charge in [0.15, 0.2) is 5.96 Å². The lowest BCUT2D eigenvalue weighted by molar-refractivity contribution is -0.228. The molecule has 2 aliphatic heterocycles. The molecule has 238 valence electrons. The summed E-state index contributed by atoms with van der Waals surface area (Å²) in [5.74, 6) is 0.0799. The van der Waals surface area contributed by atoms with Crippen molar-refractivity contribution in [1.29, 1.82) is 0 Å². The second-order valence-corrected chi connectivity index (χ2v) is 15.0. The van der Waals surface area contributed by atoms with Gasteiger partial charge in [0.05, 0.1) is 30.5 Å². The number of nitrogens with one attached hydrogen (secondary N) is 1. The van der Waals surface area contributed by atoms with Crippen molar-refractivity contribution in [2.24, 2.45) is 44.7 Å². The third-order valence-electron chi connectivity index (χ3n) is 13.6. The maximum absolute atomic E-state index is 13.4. The highest BCUT2D eigenvalue weighted by atomic mass is 16.5. The second-order valence-electron chi connectivity index (χ2n) is 15.0. The summed E-state index contributed by atoms with van der Waals surface area (Å²) in [6.45, 7) is 3.55. The number of aliphatic hydroxyl groups is 3. The van der Waals surface area contributed by atoms with E-state index in [9.17, 15) is 25.2 Å². The number of carboxylic acids is 1. The van der Waals surface area contributed by atoms with Crippen molar-refractivity contribution in [1.82, 2.24) is 10.2 Å². The molecule has 11 atom stereocenters. The van der Waals surface area contributed by atoms with Crippen LogP contribution in [0.5, 0.6) is 0 Å². The van der Waals surface area contributed by atoms with E-state index in [-0.39, 0.29) is 47.0 Å². The van der Waals surface area contributed by atoms with E-state index >= 15 is 0 Å². The number of fused-ring (bicyclic) bond motifs is 1. The normalized spacial score (nSPS) is 48.6. The molecule has 5 fully saturated rings. The van der Waals surface area contributed by atoms with E-state index in [2.05, 4.69) is 34.4 Å². The van der Waals surface area contributed by atoms with Gasteiger partial charge in [-0.15, -0.1) is 0 Å². The first-order valence-electron chi connectivity index (χ1n) is 16.6. The van der Waals surface area contributed by atoms with Gasteiger partial charge in [0.25, 0.3) is 0 Å². The van der Waals surface area contributed by atoms with Gasteiger partial charge in [0, 0.05) is 43.2 Å². The molecule has 2 heterocycles. The summed E-state index contributed by atoms with van der Waals surface area (Å²) in [6, 6.07) is 0.0144. The highest BCUT2D eigenvalue weighted by Crippen LogP contribution is 2.84. The predicted octanol–water partition coefficient (Wildman–Crippen LogP) is 2.14. The molecule has 0 aromatic rings. The second kappa shape index (κ2) is 10.3. The third-order valence-corrected chi connectivity index (χ3v) is 13.6. The zero-order valence-corrected chi connectivity index (χ0v) is 25.7. The molecule has 7 rings (SSSR count). The molecule has 0 radical (unpaired) electrons.